The van der Waals surface area contributed by atoms with E-state index in [1.807, 2.05) is 0 Å². The Kier molecular flexibility index (Phi) is 4.32. The lowest BCUT2D eigenvalue weighted by Gasteiger charge is -2.28. The van der Waals surface area contributed by atoms with Gasteiger partial charge in [0, 0.05) is 16.1 Å². The van der Waals surface area contributed by atoms with Crippen LogP contribution in [0.15, 0.2) is 42.5 Å². The molecule has 0 bridgehead atoms. The van der Waals surface area contributed by atoms with Crippen LogP contribution in [0.4, 0.5) is 0 Å². The molecule has 25 heavy (non-hydrogen) atoms. The maximum atomic E-state index is 12.8. The minimum atomic E-state index is -1.91. The number of aliphatic hydroxyl groups excluding tert-OH is 1. The summed E-state index contributed by atoms with van der Waals surface area (Å²) in [5.41, 5.74) is -0.109. The van der Waals surface area contributed by atoms with Gasteiger partial charge in [-0.15, -0.1) is 0 Å². The van der Waals surface area contributed by atoms with Gasteiger partial charge in [-0.3, -0.25) is 14.4 Å². The van der Waals surface area contributed by atoms with Crippen molar-refractivity contribution in [1.82, 2.24) is 5.32 Å². The molecule has 2 aromatic rings. The molecule has 1 aliphatic rings. The fraction of sp³-hybridized carbons (Fsp3) is 0.167. The van der Waals surface area contributed by atoms with E-state index in [1.54, 1.807) is 42.5 Å². The molecule has 6 nitrogen and oxygen atoms in total. The lowest BCUT2D eigenvalue weighted by atomic mass is 9.88. The Balaban J connectivity index is 2.12. The van der Waals surface area contributed by atoms with Gasteiger partial charge in [-0.1, -0.05) is 41.9 Å². The minimum Gasteiger partial charge on any atom is -0.481 e. The van der Waals surface area contributed by atoms with Crippen LogP contribution in [0.5, 0.6) is 0 Å². The molecule has 2 unspecified atom stereocenters. The number of halogens is 1. The average Bonchev–Trinajstić information content (AvgIpc) is 2.77. The molecule has 3 N–H and O–H groups in total. The summed E-state index contributed by atoms with van der Waals surface area (Å²) in [6.45, 7) is 0. The van der Waals surface area contributed by atoms with Gasteiger partial charge in [0.05, 0.1) is 6.42 Å². The predicted octanol–water partition coefficient (Wildman–Crippen LogP) is 2.20. The Labute approximate surface area is 148 Å². The Hall–Kier alpha value is -2.70. The number of benzene rings is 2. The third kappa shape index (κ3) is 2.69. The van der Waals surface area contributed by atoms with Crippen molar-refractivity contribution in [3.63, 3.8) is 0 Å². The summed E-state index contributed by atoms with van der Waals surface area (Å²) < 4.78 is 0. The number of carboxylic acid groups (broad SMARTS) is 1. The van der Waals surface area contributed by atoms with Crippen molar-refractivity contribution >= 4 is 29.8 Å². The van der Waals surface area contributed by atoms with Gasteiger partial charge in [0.2, 0.25) is 6.41 Å². The summed E-state index contributed by atoms with van der Waals surface area (Å²) in [5.74, 6) is -1.95. The van der Waals surface area contributed by atoms with Crippen LogP contribution in [0.1, 0.15) is 28.4 Å². The number of carboxylic acids is 1. The average molecular weight is 360 g/mol. The summed E-state index contributed by atoms with van der Waals surface area (Å²) in [6.07, 6.45) is -1.94. The van der Waals surface area contributed by atoms with Crippen molar-refractivity contribution in [1.29, 1.82) is 0 Å². The normalized spacial score (nSPS) is 21.7. The number of aliphatic carboxylic acids is 1. The molecule has 0 fully saturated rings. The monoisotopic (exact) mass is 359 g/mol. The highest BCUT2D eigenvalue weighted by Gasteiger charge is 2.54. The van der Waals surface area contributed by atoms with Crippen molar-refractivity contribution in [3.8, 4) is 11.1 Å². The number of hydrogen-bond donors (Lipinski definition) is 3. The number of ketones is 1. The molecule has 0 saturated heterocycles. The Morgan fingerprint density at radius 3 is 2.60 bits per heavy atom. The van der Waals surface area contributed by atoms with Crippen LogP contribution >= 0.6 is 11.6 Å². The molecule has 0 radical (unpaired) electrons. The number of carbonyl (C=O) groups excluding carboxylic acids is 2. The Morgan fingerprint density at radius 1 is 1.24 bits per heavy atom. The fourth-order valence-electron chi connectivity index (χ4n) is 3.20. The van der Waals surface area contributed by atoms with Crippen LogP contribution in [-0.4, -0.2) is 33.9 Å². The van der Waals surface area contributed by atoms with E-state index in [9.17, 15) is 19.5 Å². The third-order valence-corrected chi connectivity index (χ3v) is 4.73. The van der Waals surface area contributed by atoms with Gasteiger partial charge < -0.3 is 15.5 Å². The topological polar surface area (TPSA) is 104 Å². The number of carbonyl (C=O) groups is 3. The van der Waals surface area contributed by atoms with Crippen LogP contribution < -0.4 is 5.32 Å². The molecule has 2 aromatic carbocycles. The first-order chi connectivity index (χ1) is 11.9. The number of Topliss-reactive ketones (excluding diaryl/α,β-unsaturated/α-hetero) is 1. The second-order valence-electron chi connectivity index (χ2n) is 5.82. The Morgan fingerprint density at radius 2 is 1.96 bits per heavy atom. The molecule has 7 heteroatoms. The van der Waals surface area contributed by atoms with Crippen molar-refractivity contribution in [3.05, 3.63) is 58.6 Å². The van der Waals surface area contributed by atoms with Gasteiger partial charge in [0.1, 0.15) is 11.6 Å². The summed E-state index contributed by atoms with van der Waals surface area (Å²) in [7, 11) is 0. The molecule has 0 heterocycles. The van der Waals surface area contributed by atoms with E-state index >= 15 is 0 Å². The second-order valence-corrected chi connectivity index (χ2v) is 6.22. The molecular weight excluding hydrogens is 346 g/mol. The van der Waals surface area contributed by atoms with Crippen LogP contribution in [0, 0.1) is 0 Å². The summed E-state index contributed by atoms with van der Waals surface area (Å²) in [6, 6.07) is 11.9. The van der Waals surface area contributed by atoms with Gasteiger partial charge in [-0.05, 0) is 23.3 Å². The molecule has 1 amide bonds. The zero-order chi connectivity index (χ0) is 18.2. The molecule has 0 aromatic heterocycles. The first-order valence-corrected chi connectivity index (χ1v) is 7.83. The highest BCUT2D eigenvalue weighted by Crippen LogP contribution is 2.43. The SMILES string of the molecule is O=CNC1(CC(=O)O)C(=O)c2cc(-c3ccccc3Cl)ccc2C1O. The molecule has 0 spiro atoms. The van der Waals surface area contributed by atoms with Crippen LogP contribution in [0.3, 0.4) is 0 Å². The van der Waals surface area contributed by atoms with Crippen LogP contribution in [0.25, 0.3) is 11.1 Å². The Bertz CT molecular complexity index is 882. The highest BCUT2D eigenvalue weighted by atomic mass is 35.5. The molecule has 0 saturated carbocycles. The second kappa shape index (κ2) is 6.31. The molecule has 0 aliphatic heterocycles. The number of aliphatic hydroxyl groups is 1. The van der Waals surface area contributed by atoms with Gasteiger partial charge in [-0.25, -0.2) is 0 Å². The fourth-order valence-corrected chi connectivity index (χ4v) is 3.45. The van der Waals surface area contributed by atoms with Crippen molar-refractivity contribution in [2.75, 3.05) is 0 Å². The largest absolute Gasteiger partial charge is 0.481 e. The molecule has 1 aliphatic carbocycles. The number of amides is 1. The van der Waals surface area contributed by atoms with Gasteiger partial charge in [0.25, 0.3) is 0 Å². The third-order valence-electron chi connectivity index (χ3n) is 4.40. The first kappa shape index (κ1) is 17.1. The van der Waals surface area contributed by atoms with E-state index in [2.05, 4.69) is 5.32 Å². The summed E-state index contributed by atoms with van der Waals surface area (Å²) in [5, 5.41) is 22.4. The molecule has 3 rings (SSSR count). The molecule has 2 atom stereocenters. The number of fused-ring (bicyclic) bond motifs is 1. The lowest BCUT2D eigenvalue weighted by Crippen LogP contribution is -2.53. The maximum absolute atomic E-state index is 12.8. The van der Waals surface area contributed by atoms with E-state index in [-0.39, 0.29) is 17.5 Å². The van der Waals surface area contributed by atoms with E-state index in [1.165, 1.54) is 0 Å². The first-order valence-electron chi connectivity index (χ1n) is 7.45. The number of hydrogen-bond acceptors (Lipinski definition) is 4. The van der Waals surface area contributed by atoms with Crippen molar-refractivity contribution < 1.29 is 24.6 Å². The van der Waals surface area contributed by atoms with E-state index in [0.29, 0.717) is 16.1 Å². The van der Waals surface area contributed by atoms with Gasteiger partial charge in [0.15, 0.2) is 5.78 Å². The van der Waals surface area contributed by atoms with Crippen molar-refractivity contribution in [2.45, 2.75) is 18.1 Å². The summed E-state index contributed by atoms with van der Waals surface area (Å²) >= 11 is 6.18. The van der Waals surface area contributed by atoms with E-state index in [0.717, 1.165) is 0 Å². The summed E-state index contributed by atoms with van der Waals surface area (Å²) in [4.78, 5) is 35.0. The molecule has 128 valence electrons. The standard InChI is InChI=1S/C18H14ClNO5/c19-14-4-2-1-3-11(14)10-5-6-12-13(7-10)17(25)18(16(12)24,20-9-21)8-15(22)23/h1-7,9,16,24H,8H2,(H,20,21)(H,22,23). The van der Waals surface area contributed by atoms with E-state index in [4.69, 9.17) is 16.7 Å². The number of nitrogens with one attached hydrogen (secondary N) is 1. The maximum Gasteiger partial charge on any atom is 0.306 e. The zero-order valence-corrected chi connectivity index (χ0v) is 13.7. The van der Waals surface area contributed by atoms with E-state index < -0.39 is 29.8 Å². The van der Waals surface area contributed by atoms with Crippen LogP contribution in [0.2, 0.25) is 5.02 Å². The molecular formula is C18H14ClNO5. The van der Waals surface area contributed by atoms with Crippen molar-refractivity contribution in [2.24, 2.45) is 0 Å². The van der Waals surface area contributed by atoms with Gasteiger partial charge >= 0.3 is 5.97 Å². The zero-order valence-electron chi connectivity index (χ0n) is 12.9. The smallest absolute Gasteiger partial charge is 0.306 e. The lowest BCUT2D eigenvalue weighted by molar-refractivity contribution is -0.139. The number of rotatable bonds is 5. The quantitative estimate of drug-likeness (QED) is 0.710. The predicted molar refractivity (Wildman–Crippen MR) is 90.4 cm³/mol. The highest BCUT2D eigenvalue weighted by molar-refractivity contribution is 6.33. The van der Waals surface area contributed by atoms with Gasteiger partial charge in [-0.2, -0.15) is 0 Å². The minimum absolute atomic E-state index is 0.167. The van der Waals surface area contributed by atoms with Crippen LogP contribution in [-0.2, 0) is 9.59 Å².